The molecule has 1 aromatic rings. The Labute approximate surface area is 144 Å². The van der Waals surface area contributed by atoms with Gasteiger partial charge < -0.3 is 5.32 Å². The van der Waals surface area contributed by atoms with Gasteiger partial charge in [0.05, 0.1) is 5.54 Å². The maximum atomic E-state index is 13.9. The first-order chi connectivity index (χ1) is 11.4. The largest absolute Gasteiger partial charge is 0.375 e. The van der Waals surface area contributed by atoms with Crippen molar-refractivity contribution in [2.45, 2.75) is 32.2 Å². The fraction of sp³-hybridized carbons (Fsp3) is 0.238. The smallest absolute Gasteiger partial charge is 0.186 e. The summed E-state index contributed by atoms with van der Waals surface area (Å²) in [5.41, 5.74) is 5.88. The minimum absolute atomic E-state index is 0.0948. The maximum Gasteiger partial charge on any atom is 0.186 e. The van der Waals surface area contributed by atoms with E-state index in [1.54, 1.807) is 6.07 Å². The van der Waals surface area contributed by atoms with Crippen LogP contribution in [0, 0.1) is 5.82 Å². The van der Waals surface area contributed by atoms with E-state index in [0.29, 0.717) is 5.46 Å². The third-order valence-electron chi connectivity index (χ3n) is 4.29. The van der Waals surface area contributed by atoms with Crippen LogP contribution in [0.5, 0.6) is 0 Å². The Hall–Kier alpha value is -2.29. The standard InChI is InChI=1S/C21H22BFN/c1-14(2)11-21(12-15(3)4)13-19(24-21)16-8-9-22-20-17(10-16)6-5-7-18(20)23/h5-10,13,24H,1,3,11-12H2,2,4H3. The second-order valence-corrected chi connectivity index (χ2v) is 6.98. The van der Waals surface area contributed by atoms with Crippen molar-refractivity contribution in [3.05, 3.63) is 83.3 Å². The topological polar surface area (TPSA) is 12.0 Å². The molecule has 0 unspecified atom stereocenters. The zero-order valence-corrected chi connectivity index (χ0v) is 14.3. The van der Waals surface area contributed by atoms with Crippen LogP contribution < -0.4 is 10.8 Å². The molecule has 1 radical (unpaired) electrons. The SMILES string of the molecule is C=C(C)CC1(CC(=C)C)C=C(C2=Cc3cccc(F)c3[B]C=C2)N1. The third-order valence-corrected chi connectivity index (χ3v) is 4.29. The van der Waals surface area contributed by atoms with Gasteiger partial charge in [0.1, 0.15) is 5.82 Å². The lowest BCUT2D eigenvalue weighted by atomic mass is 9.68. The average Bonchev–Trinajstić information content (AvgIpc) is 2.66. The molecule has 0 aromatic heterocycles. The van der Waals surface area contributed by atoms with Crippen molar-refractivity contribution in [2.75, 3.05) is 0 Å². The first-order valence-electron chi connectivity index (χ1n) is 8.20. The summed E-state index contributed by atoms with van der Waals surface area (Å²) in [7, 11) is 1.82. The summed E-state index contributed by atoms with van der Waals surface area (Å²) in [5, 5.41) is 3.61. The van der Waals surface area contributed by atoms with Crippen molar-refractivity contribution < 1.29 is 4.39 Å². The molecule has 0 amide bonds. The summed E-state index contributed by atoms with van der Waals surface area (Å²) in [5.74, 6) is 1.71. The first kappa shape index (κ1) is 16.6. The van der Waals surface area contributed by atoms with Crippen molar-refractivity contribution in [1.82, 2.24) is 5.32 Å². The Balaban J connectivity index is 1.92. The lowest BCUT2D eigenvalue weighted by molar-refractivity contribution is 0.386. The fourth-order valence-corrected chi connectivity index (χ4v) is 3.51. The van der Waals surface area contributed by atoms with Crippen LogP contribution in [0.25, 0.3) is 6.08 Å². The van der Waals surface area contributed by atoms with E-state index in [1.165, 1.54) is 6.07 Å². The molecule has 0 bridgehead atoms. The quantitative estimate of drug-likeness (QED) is 0.633. The normalized spacial score (nSPS) is 17.3. The molecule has 121 valence electrons. The summed E-state index contributed by atoms with van der Waals surface area (Å²) in [6.45, 7) is 12.2. The molecule has 3 rings (SSSR count). The van der Waals surface area contributed by atoms with Crippen molar-refractivity contribution in [1.29, 1.82) is 0 Å². The number of hydrogen-bond acceptors (Lipinski definition) is 1. The van der Waals surface area contributed by atoms with Crippen molar-refractivity contribution in [2.24, 2.45) is 0 Å². The highest BCUT2D eigenvalue weighted by atomic mass is 19.1. The van der Waals surface area contributed by atoms with Gasteiger partial charge in [0.25, 0.3) is 0 Å². The number of halogens is 1. The van der Waals surface area contributed by atoms with E-state index in [0.717, 1.165) is 40.8 Å². The molecule has 0 fully saturated rings. The van der Waals surface area contributed by atoms with Crippen LogP contribution in [0.3, 0.4) is 0 Å². The van der Waals surface area contributed by atoms with E-state index < -0.39 is 0 Å². The van der Waals surface area contributed by atoms with Crippen LogP contribution in [-0.4, -0.2) is 12.8 Å². The van der Waals surface area contributed by atoms with Gasteiger partial charge in [0.15, 0.2) is 7.28 Å². The van der Waals surface area contributed by atoms with Gasteiger partial charge in [-0.05, 0) is 61.5 Å². The van der Waals surface area contributed by atoms with Crippen LogP contribution in [-0.2, 0) is 0 Å². The molecule has 0 atom stereocenters. The van der Waals surface area contributed by atoms with Crippen LogP contribution in [0.15, 0.2) is 71.9 Å². The highest BCUT2D eigenvalue weighted by molar-refractivity contribution is 6.60. The Morgan fingerprint density at radius 1 is 1.21 bits per heavy atom. The number of hydrogen-bond donors (Lipinski definition) is 1. The molecule has 0 spiro atoms. The highest BCUT2D eigenvalue weighted by Gasteiger charge is 2.36. The molecule has 2 aliphatic heterocycles. The monoisotopic (exact) mass is 318 g/mol. The molecule has 2 aliphatic rings. The highest BCUT2D eigenvalue weighted by Crippen LogP contribution is 2.36. The van der Waals surface area contributed by atoms with Crippen LogP contribution >= 0.6 is 0 Å². The van der Waals surface area contributed by atoms with Gasteiger partial charge >= 0.3 is 0 Å². The summed E-state index contributed by atoms with van der Waals surface area (Å²) < 4.78 is 13.9. The molecule has 3 heteroatoms. The predicted octanol–water partition coefficient (Wildman–Crippen LogP) is 4.22. The summed E-state index contributed by atoms with van der Waals surface area (Å²) in [6.07, 6.45) is 8.08. The molecule has 1 nitrogen and oxygen atoms in total. The molecule has 1 N–H and O–H groups in total. The number of allylic oxidation sites excluding steroid dienone is 1. The Bertz CT molecular complexity index is 782. The lowest BCUT2D eigenvalue weighted by Gasteiger charge is -2.43. The predicted molar refractivity (Wildman–Crippen MR) is 102 cm³/mol. The second kappa shape index (κ2) is 6.31. The zero-order valence-electron chi connectivity index (χ0n) is 14.3. The van der Waals surface area contributed by atoms with E-state index in [-0.39, 0.29) is 11.4 Å². The fourth-order valence-electron chi connectivity index (χ4n) is 3.51. The van der Waals surface area contributed by atoms with Crippen molar-refractivity contribution in [3.63, 3.8) is 0 Å². The van der Waals surface area contributed by atoms with Crippen LogP contribution in [0.4, 0.5) is 4.39 Å². The van der Waals surface area contributed by atoms with Gasteiger partial charge in [0, 0.05) is 5.70 Å². The van der Waals surface area contributed by atoms with E-state index in [1.807, 2.05) is 45.3 Å². The number of benzene rings is 1. The summed E-state index contributed by atoms with van der Waals surface area (Å²) in [4.78, 5) is 0. The Kier molecular flexibility index (Phi) is 4.36. The average molecular weight is 318 g/mol. The molecular weight excluding hydrogens is 296 g/mol. The van der Waals surface area contributed by atoms with Crippen molar-refractivity contribution >= 4 is 18.8 Å². The third kappa shape index (κ3) is 3.30. The summed E-state index contributed by atoms with van der Waals surface area (Å²) in [6, 6.07) is 5.18. The van der Waals surface area contributed by atoms with E-state index in [9.17, 15) is 4.39 Å². The molecule has 0 saturated carbocycles. The van der Waals surface area contributed by atoms with Gasteiger partial charge in [-0.25, -0.2) is 4.39 Å². The van der Waals surface area contributed by atoms with E-state index in [4.69, 9.17) is 0 Å². The van der Waals surface area contributed by atoms with Gasteiger partial charge in [0.2, 0.25) is 0 Å². The minimum atomic E-state index is -0.191. The Morgan fingerprint density at radius 3 is 2.50 bits per heavy atom. The molecule has 0 saturated heterocycles. The minimum Gasteiger partial charge on any atom is -0.375 e. The second-order valence-electron chi connectivity index (χ2n) is 6.98. The van der Waals surface area contributed by atoms with Crippen LogP contribution in [0.1, 0.15) is 32.3 Å². The Morgan fingerprint density at radius 2 is 1.88 bits per heavy atom. The number of rotatable bonds is 5. The van der Waals surface area contributed by atoms with Crippen LogP contribution in [0.2, 0.25) is 0 Å². The molecule has 1 aromatic carbocycles. The molecular formula is C21H22BFN. The lowest BCUT2D eigenvalue weighted by Crippen LogP contribution is -2.51. The van der Waals surface area contributed by atoms with E-state index in [2.05, 4.69) is 24.6 Å². The van der Waals surface area contributed by atoms with Gasteiger partial charge in [-0.2, -0.15) is 0 Å². The van der Waals surface area contributed by atoms with Gasteiger partial charge in [-0.1, -0.05) is 29.4 Å². The number of nitrogens with one attached hydrogen (secondary N) is 1. The van der Waals surface area contributed by atoms with Gasteiger partial charge in [-0.3, -0.25) is 0 Å². The van der Waals surface area contributed by atoms with E-state index >= 15 is 0 Å². The van der Waals surface area contributed by atoms with Gasteiger partial charge in [-0.15, -0.1) is 19.1 Å². The zero-order chi connectivity index (χ0) is 17.3. The molecule has 0 aliphatic carbocycles. The molecule has 2 heterocycles. The van der Waals surface area contributed by atoms with Crippen molar-refractivity contribution in [3.8, 4) is 0 Å². The number of fused-ring (bicyclic) bond motifs is 1. The summed E-state index contributed by atoms with van der Waals surface area (Å²) >= 11 is 0. The maximum absolute atomic E-state index is 13.9. The first-order valence-corrected chi connectivity index (χ1v) is 8.20. The molecule has 24 heavy (non-hydrogen) atoms.